The van der Waals surface area contributed by atoms with Gasteiger partial charge in [0, 0.05) is 26.2 Å². The van der Waals surface area contributed by atoms with Gasteiger partial charge in [-0.1, -0.05) is 5.10 Å². The van der Waals surface area contributed by atoms with E-state index < -0.39 is 0 Å². The summed E-state index contributed by atoms with van der Waals surface area (Å²) in [6, 6.07) is 1.23. The molecule has 0 atom stereocenters. The van der Waals surface area contributed by atoms with E-state index >= 15 is 0 Å². The molecule has 1 aromatic heterocycles. The average molecular weight is 254 g/mol. The summed E-state index contributed by atoms with van der Waals surface area (Å²) in [7, 11) is 1.95. The zero-order valence-electron chi connectivity index (χ0n) is 10.9. The van der Waals surface area contributed by atoms with Gasteiger partial charge in [0.15, 0.2) is 0 Å². The molecule has 18 heavy (non-hydrogen) atoms. The Labute approximate surface area is 107 Å². The van der Waals surface area contributed by atoms with Crippen LogP contribution in [0.5, 0.6) is 0 Å². The van der Waals surface area contributed by atoms with Crippen molar-refractivity contribution in [1.29, 1.82) is 0 Å². The van der Waals surface area contributed by atoms with Gasteiger partial charge in [0.25, 0.3) is 0 Å². The molecule has 0 radical (unpaired) electrons. The SMILES string of the molecule is CN(CCCCCO)c1nnc(CNC2CC2)o1. The monoisotopic (exact) mass is 254 g/mol. The zero-order chi connectivity index (χ0) is 12.8. The summed E-state index contributed by atoms with van der Waals surface area (Å²) in [6.45, 7) is 1.80. The number of unbranched alkanes of at least 4 members (excludes halogenated alkanes) is 2. The first-order valence-corrected chi connectivity index (χ1v) is 6.67. The summed E-state index contributed by atoms with van der Waals surface area (Å²) < 4.78 is 5.57. The van der Waals surface area contributed by atoms with Crippen LogP contribution in [0, 0.1) is 0 Å². The van der Waals surface area contributed by atoms with Crippen molar-refractivity contribution in [3.05, 3.63) is 5.89 Å². The van der Waals surface area contributed by atoms with E-state index in [-0.39, 0.29) is 6.61 Å². The van der Waals surface area contributed by atoms with E-state index in [9.17, 15) is 0 Å². The van der Waals surface area contributed by atoms with Crippen molar-refractivity contribution in [2.45, 2.75) is 44.7 Å². The molecule has 1 aliphatic carbocycles. The molecule has 6 heteroatoms. The molecule has 0 bridgehead atoms. The molecule has 1 fully saturated rings. The van der Waals surface area contributed by atoms with Gasteiger partial charge in [-0.05, 0) is 32.1 Å². The minimum Gasteiger partial charge on any atom is -0.407 e. The summed E-state index contributed by atoms with van der Waals surface area (Å²) in [5.41, 5.74) is 0. The van der Waals surface area contributed by atoms with Crippen LogP contribution in [-0.2, 0) is 6.54 Å². The lowest BCUT2D eigenvalue weighted by Crippen LogP contribution is -2.19. The molecule has 1 aliphatic rings. The van der Waals surface area contributed by atoms with Crippen molar-refractivity contribution in [3.63, 3.8) is 0 Å². The summed E-state index contributed by atoms with van der Waals surface area (Å²) in [5, 5.41) is 20.1. The molecule has 0 saturated heterocycles. The van der Waals surface area contributed by atoms with Crippen LogP contribution in [0.4, 0.5) is 6.01 Å². The lowest BCUT2D eigenvalue weighted by Gasteiger charge is -2.12. The van der Waals surface area contributed by atoms with Crippen LogP contribution >= 0.6 is 0 Å². The van der Waals surface area contributed by atoms with Crippen molar-refractivity contribution < 1.29 is 9.52 Å². The van der Waals surface area contributed by atoms with Gasteiger partial charge in [0.2, 0.25) is 5.89 Å². The Morgan fingerprint density at radius 2 is 2.17 bits per heavy atom. The molecule has 1 heterocycles. The fraction of sp³-hybridized carbons (Fsp3) is 0.833. The van der Waals surface area contributed by atoms with Crippen LogP contribution in [0.1, 0.15) is 38.0 Å². The first-order chi connectivity index (χ1) is 8.79. The maximum absolute atomic E-state index is 8.70. The van der Waals surface area contributed by atoms with E-state index in [0.29, 0.717) is 24.5 Å². The minimum absolute atomic E-state index is 0.265. The number of anilines is 1. The smallest absolute Gasteiger partial charge is 0.317 e. The summed E-state index contributed by atoms with van der Waals surface area (Å²) in [6.07, 6.45) is 5.41. The van der Waals surface area contributed by atoms with Crippen LogP contribution in [-0.4, -0.2) is 41.5 Å². The predicted molar refractivity (Wildman–Crippen MR) is 68.4 cm³/mol. The number of rotatable bonds is 9. The molecule has 0 aromatic carbocycles. The van der Waals surface area contributed by atoms with Crippen molar-refractivity contribution in [1.82, 2.24) is 15.5 Å². The Balaban J connectivity index is 1.69. The maximum atomic E-state index is 8.70. The molecule has 0 aliphatic heterocycles. The third kappa shape index (κ3) is 4.27. The maximum Gasteiger partial charge on any atom is 0.317 e. The van der Waals surface area contributed by atoms with Gasteiger partial charge in [-0.15, -0.1) is 5.10 Å². The number of hydrogen-bond acceptors (Lipinski definition) is 6. The molecule has 0 spiro atoms. The molecule has 102 valence electrons. The van der Waals surface area contributed by atoms with Crippen LogP contribution in [0.25, 0.3) is 0 Å². The first-order valence-electron chi connectivity index (χ1n) is 6.67. The van der Waals surface area contributed by atoms with E-state index in [1.165, 1.54) is 12.8 Å². The Hall–Kier alpha value is -1.14. The zero-order valence-corrected chi connectivity index (χ0v) is 10.9. The minimum atomic E-state index is 0.265. The number of nitrogens with zero attached hydrogens (tertiary/aromatic N) is 3. The quantitative estimate of drug-likeness (QED) is 0.638. The Kier molecular flexibility index (Phi) is 4.95. The number of hydrogen-bond donors (Lipinski definition) is 2. The van der Waals surface area contributed by atoms with Crippen molar-refractivity contribution in [3.8, 4) is 0 Å². The Bertz CT molecular complexity index is 352. The molecule has 2 N–H and O–H groups in total. The van der Waals surface area contributed by atoms with Gasteiger partial charge >= 0.3 is 6.01 Å². The van der Waals surface area contributed by atoms with Crippen molar-refractivity contribution in [2.75, 3.05) is 25.1 Å². The summed E-state index contributed by atoms with van der Waals surface area (Å²) in [5.74, 6) is 0.652. The van der Waals surface area contributed by atoms with Gasteiger partial charge in [-0.25, -0.2) is 0 Å². The highest BCUT2D eigenvalue weighted by Crippen LogP contribution is 2.19. The van der Waals surface area contributed by atoms with E-state index in [0.717, 1.165) is 25.8 Å². The molecule has 6 nitrogen and oxygen atoms in total. The summed E-state index contributed by atoms with van der Waals surface area (Å²) >= 11 is 0. The molecule has 1 aromatic rings. The standard InChI is InChI=1S/C12H22N4O2/c1-16(7-3-2-4-8-17)12-15-14-11(18-12)9-13-10-5-6-10/h10,13,17H,2-9H2,1H3. The van der Waals surface area contributed by atoms with E-state index in [1.807, 2.05) is 11.9 Å². The normalized spacial score (nSPS) is 15.0. The molecule has 0 unspecified atom stereocenters. The number of aromatic nitrogens is 2. The van der Waals surface area contributed by atoms with Crippen molar-refractivity contribution >= 4 is 6.01 Å². The Morgan fingerprint density at radius 1 is 1.33 bits per heavy atom. The van der Waals surface area contributed by atoms with Crippen LogP contribution < -0.4 is 10.2 Å². The molecular weight excluding hydrogens is 232 g/mol. The fourth-order valence-electron chi connectivity index (χ4n) is 1.72. The highest BCUT2D eigenvalue weighted by atomic mass is 16.4. The average Bonchev–Trinajstić information content (AvgIpc) is 3.09. The number of nitrogens with one attached hydrogen (secondary N) is 1. The number of aliphatic hydroxyl groups is 1. The highest BCUT2D eigenvalue weighted by molar-refractivity contribution is 5.21. The predicted octanol–water partition coefficient (Wildman–Crippen LogP) is 0.920. The van der Waals surface area contributed by atoms with Crippen molar-refractivity contribution in [2.24, 2.45) is 0 Å². The van der Waals surface area contributed by atoms with Gasteiger partial charge < -0.3 is 19.7 Å². The van der Waals surface area contributed by atoms with Gasteiger partial charge in [0.1, 0.15) is 0 Å². The highest BCUT2D eigenvalue weighted by Gasteiger charge is 2.21. The van der Waals surface area contributed by atoms with Gasteiger partial charge in [-0.3, -0.25) is 0 Å². The second kappa shape index (κ2) is 6.70. The number of aliphatic hydroxyl groups excluding tert-OH is 1. The molecular formula is C12H22N4O2. The van der Waals surface area contributed by atoms with E-state index in [2.05, 4.69) is 15.5 Å². The van der Waals surface area contributed by atoms with E-state index in [1.54, 1.807) is 0 Å². The molecule has 0 amide bonds. The van der Waals surface area contributed by atoms with E-state index in [4.69, 9.17) is 9.52 Å². The summed E-state index contributed by atoms with van der Waals surface area (Å²) in [4.78, 5) is 1.96. The molecule has 1 saturated carbocycles. The Morgan fingerprint density at radius 3 is 2.89 bits per heavy atom. The van der Waals surface area contributed by atoms with Crippen LogP contribution in [0.15, 0.2) is 4.42 Å². The third-order valence-electron chi connectivity index (χ3n) is 3.05. The van der Waals surface area contributed by atoms with Gasteiger partial charge in [-0.2, -0.15) is 0 Å². The first kappa shape index (κ1) is 13.3. The lowest BCUT2D eigenvalue weighted by molar-refractivity contribution is 0.283. The fourth-order valence-corrected chi connectivity index (χ4v) is 1.72. The van der Waals surface area contributed by atoms with Gasteiger partial charge in [0.05, 0.1) is 6.54 Å². The lowest BCUT2D eigenvalue weighted by atomic mass is 10.2. The third-order valence-corrected chi connectivity index (χ3v) is 3.05. The largest absolute Gasteiger partial charge is 0.407 e. The molecule has 2 rings (SSSR count). The topological polar surface area (TPSA) is 74.4 Å². The van der Waals surface area contributed by atoms with Crippen LogP contribution in [0.2, 0.25) is 0 Å². The second-order valence-electron chi connectivity index (χ2n) is 4.84. The van der Waals surface area contributed by atoms with Crippen LogP contribution in [0.3, 0.4) is 0 Å². The second-order valence-corrected chi connectivity index (χ2v) is 4.84.